The summed E-state index contributed by atoms with van der Waals surface area (Å²) in [6, 6.07) is 13.5. The minimum atomic E-state index is 0.298. The Kier molecular flexibility index (Phi) is 5.34. The first-order valence-electron chi connectivity index (χ1n) is 11.0. The molecule has 1 aromatic carbocycles. The molecule has 0 bridgehead atoms. The van der Waals surface area contributed by atoms with Crippen molar-refractivity contribution in [3.8, 4) is 11.3 Å². The number of carbonyl (C=O) groups excluding carboxylic acids is 1. The molecular weight excluding hydrogens is 360 g/mol. The largest absolute Gasteiger partial charge is 0.339 e. The number of rotatable bonds is 4. The van der Waals surface area contributed by atoms with Crippen LogP contribution in [0.15, 0.2) is 42.6 Å². The first-order valence-corrected chi connectivity index (χ1v) is 11.0. The predicted octanol–water partition coefficient (Wildman–Crippen LogP) is 2.80. The lowest BCUT2D eigenvalue weighted by atomic mass is 9.91. The van der Waals surface area contributed by atoms with E-state index in [0.29, 0.717) is 12.5 Å². The molecule has 0 spiro atoms. The second-order valence-electron chi connectivity index (χ2n) is 8.66. The first-order chi connectivity index (χ1) is 14.3. The van der Waals surface area contributed by atoms with Crippen LogP contribution >= 0.6 is 0 Å². The van der Waals surface area contributed by atoms with Crippen LogP contribution in [0.1, 0.15) is 30.4 Å². The molecule has 1 aliphatic carbocycles. The maximum atomic E-state index is 12.8. The summed E-state index contributed by atoms with van der Waals surface area (Å²) in [5.41, 5.74) is 4.94. The summed E-state index contributed by atoms with van der Waals surface area (Å²) in [7, 11) is 0. The third-order valence-corrected chi connectivity index (χ3v) is 6.88. The summed E-state index contributed by atoms with van der Waals surface area (Å²) < 4.78 is 0. The zero-order valence-corrected chi connectivity index (χ0v) is 17.1. The molecule has 1 aromatic heterocycles. The molecule has 5 rings (SSSR count). The Morgan fingerprint density at radius 2 is 1.86 bits per heavy atom. The molecule has 2 aliphatic heterocycles. The number of aromatic nitrogens is 1. The molecule has 1 saturated heterocycles. The van der Waals surface area contributed by atoms with Gasteiger partial charge in [0.1, 0.15) is 0 Å². The van der Waals surface area contributed by atoms with Gasteiger partial charge in [-0.1, -0.05) is 24.6 Å². The summed E-state index contributed by atoms with van der Waals surface area (Å²) in [6.07, 6.45) is 6.92. The standard InChI is InChI=1S/C24H30N4O/c29-24(28-14-12-27(13-15-28)22-4-3-5-22)18-26-11-9-19-16-20(7-8-21(19)17-26)23-6-1-2-10-25-23/h1-2,6-8,10,16,22H,3-5,9,11-15,17-18H2. The average molecular weight is 391 g/mol. The topological polar surface area (TPSA) is 39.7 Å². The Bertz CT molecular complexity index is 856. The van der Waals surface area contributed by atoms with Crippen molar-refractivity contribution in [3.63, 3.8) is 0 Å². The van der Waals surface area contributed by atoms with Crippen LogP contribution in [0.25, 0.3) is 11.3 Å². The second kappa shape index (κ2) is 8.25. The lowest BCUT2D eigenvalue weighted by Crippen LogP contribution is -2.55. The maximum absolute atomic E-state index is 12.8. The van der Waals surface area contributed by atoms with Crippen LogP contribution in [0.2, 0.25) is 0 Å². The van der Waals surface area contributed by atoms with Crippen molar-refractivity contribution in [2.45, 2.75) is 38.3 Å². The van der Waals surface area contributed by atoms with Crippen molar-refractivity contribution in [2.75, 3.05) is 39.3 Å². The van der Waals surface area contributed by atoms with Crippen LogP contribution in [-0.4, -0.2) is 70.9 Å². The number of piperazine rings is 1. The van der Waals surface area contributed by atoms with Gasteiger partial charge in [0, 0.05) is 57.1 Å². The molecule has 0 radical (unpaired) electrons. The monoisotopic (exact) mass is 390 g/mol. The van der Waals surface area contributed by atoms with Gasteiger partial charge in [-0.2, -0.15) is 0 Å². The van der Waals surface area contributed by atoms with Crippen LogP contribution < -0.4 is 0 Å². The quantitative estimate of drug-likeness (QED) is 0.805. The van der Waals surface area contributed by atoms with E-state index < -0.39 is 0 Å². The van der Waals surface area contributed by atoms with Crippen LogP contribution in [-0.2, 0) is 17.8 Å². The molecular formula is C24H30N4O. The number of hydrogen-bond donors (Lipinski definition) is 0. The lowest BCUT2D eigenvalue weighted by Gasteiger charge is -2.43. The van der Waals surface area contributed by atoms with E-state index in [2.05, 4.69) is 43.9 Å². The Balaban J connectivity index is 1.16. The first kappa shape index (κ1) is 18.8. The average Bonchev–Trinajstić information content (AvgIpc) is 2.73. The number of pyridine rings is 1. The molecule has 5 nitrogen and oxygen atoms in total. The van der Waals surface area contributed by atoms with Crippen LogP contribution in [0.4, 0.5) is 0 Å². The van der Waals surface area contributed by atoms with E-state index >= 15 is 0 Å². The van der Waals surface area contributed by atoms with E-state index in [0.717, 1.165) is 57.4 Å². The van der Waals surface area contributed by atoms with Crippen LogP contribution in [0.5, 0.6) is 0 Å². The fraction of sp³-hybridized carbons (Fsp3) is 0.500. The van der Waals surface area contributed by atoms with Crippen molar-refractivity contribution in [3.05, 3.63) is 53.7 Å². The summed E-state index contributed by atoms with van der Waals surface area (Å²) in [4.78, 5) is 24.3. The van der Waals surface area contributed by atoms with Crippen molar-refractivity contribution < 1.29 is 4.79 Å². The minimum absolute atomic E-state index is 0.298. The van der Waals surface area contributed by atoms with Gasteiger partial charge in [-0.15, -0.1) is 0 Å². The third-order valence-electron chi connectivity index (χ3n) is 6.88. The molecule has 152 valence electrons. The SMILES string of the molecule is O=C(CN1CCc2cc(-c3ccccn3)ccc2C1)N1CCN(C2CCC2)CC1. The van der Waals surface area contributed by atoms with Gasteiger partial charge in [-0.05, 0) is 48.6 Å². The molecule has 1 amide bonds. The Morgan fingerprint density at radius 1 is 1.00 bits per heavy atom. The van der Waals surface area contributed by atoms with Crippen molar-refractivity contribution in [2.24, 2.45) is 0 Å². The van der Waals surface area contributed by atoms with Gasteiger partial charge in [0.2, 0.25) is 5.91 Å². The highest BCUT2D eigenvalue weighted by Gasteiger charge is 2.30. The zero-order chi connectivity index (χ0) is 19.6. The Morgan fingerprint density at radius 3 is 2.59 bits per heavy atom. The third kappa shape index (κ3) is 4.07. The molecule has 5 heteroatoms. The fourth-order valence-corrected chi connectivity index (χ4v) is 4.82. The number of nitrogens with zero attached hydrogens (tertiary/aromatic N) is 4. The van der Waals surface area contributed by atoms with Crippen molar-refractivity contribution in [1.29, 1.82) is 0 Å². The fourth-order valence-electron chi connectivity index (χ4n) is 4.82. The lowest BCUT2D eigenvalue weighted by molar-refractivity contribution is -0.135. The van der Waals surface area contributed by atoms with E-state index in [-0.39, 0.29) is 0 Å². The molecule has 3 aliphatic rings. The summed E-state index contributed by atoms with van der Waals surface area (Å²) in [5, 5.41) is 0. The van der Waals surface area contributed by atoms with Gasteiger partial charge in [0.15, 0.2) is 0 Å². The van der Waals surface area contributed by atoms with E-state index in [1.54, 1.807) is 0 Å². The van der Waals surface area contributed by atoms with E-state index in [4.69, 9.17) is 0 Å². The van der Waals surface area contributed by atoms with Gasteiger partial charge in [0.25, 0.3) is 0 Å². The molecule has 0 N–H and O–H groups in total. The van der Waals surface area contributed by atoms with E-state index in [1.807, 2.05) is 18.3 Å². The van der Waals surface area contributed by atoms with Gasteiger partial charge >= 0.3 is 0 Å². The number of carbonyl (C=O) groups is 1. The molecule has 1 saturated carbocycles. The van der Waals surface area contributed by atoms with Gasteiger partial charge in [-0.25, -0.2) is 0 Å². The second-order valence-corrected chi connectivity index (χ2v) is 8.66. The van der Waals surface area contributed by atoms with E-state index in [9.17, 15) is 4.79 Å². The van der Waals surface area contributed by atoms with Gasteiger partial charge < -0.3 is 4.90 Å². The molecule has 2 aromatic rings. The summed E-state index contributed by atoms with van der Waals surface area (Å²) in [6.45, 7) is 6.26. The van der Waals surface area contributed by atoms with Crippen molar-refractivity contribution >= 4 is 5.91 Å². The van der Waals surface area contributed by atoms with Crippen LogP contribution in [0, 0.1) is 0 Å². The smallest absolute Gasteiger partial charge is 0.236 e. The highest BCUT2D eigenvalue weighted by Crippen LogP contribution is 2.27. The molecule has 2 fully saturated rings. The van der Waals surface area contributed by atoms with Crippen molar-refractivity contribution in [1.82, 2.24) is 19.7 Å². The summed E-state index contributed by atoms with van der Waals surface area (Å²) in [5.74, 6) is 0.298. The molecule has 0 atom stereocenters. The maximum Gasteiger partial charge on any atom is 0.236 e. The Hall–Kier alpha value is -2.24. The Labute approximate surface area is 173 Å². The minimum Gasteiger partial charge on any atom is -0.339 e. The van der Waals surface area contributed by atoms with Crippen LogP contribution in [0.3, 0.4) is 0 Å². The number of hydrogen-bond acceptors (Lipinski definition) is 4. The summed E-state index contributed by atoms with van der Waals surface area (Å²) >= 11 is 0. The predicted molar refractivity (Wildman–Crippen MR) is 114 cm³/mol. The zero-order valence-electron chi connectivity index (χ0n) is 17.1. The molecule has 29 heavy (non-hydrogen) atoms. The molecule has 0 unspecified atom stereocenters. The van der Waals surface area contributed by atoms with E-state index in [1.165, 1.54) is 36.0 Å². The number of benzene rings is 1. The van der Waals surface area contributed by atoms with Gasteiger partial charge in [-0.3, -0.25) is 19.6 Å². The normalized spacial score (nSPS) is 20.9. The number of amides is 1. The highest BCUT2D eigenvalue weighted by atomic mass is 16.2. The molecule has 3 heterocycles. The number of fused-ring (bicyclic) bond motifs is 1. The highest BCUT2D eigenvalue weighted by molar-refractivity contribution is 5.78. The van der Waals surface area contributed by atoms with Gasteiger partial charge in [0.05, 0.1) is 12.2 Å².